The van der Waals surface area contributed by atoms with Crippen molar-refractivity contribution < 1.29 is 4.42 Å². The Labute approximate surface area is 84.5 Å². The first-order valence-electron chi connectivity index (χ1n) is 4.93. The van der Waals surface area contributed by atoms with Gasteiger partial charge < -0.3 is 4.42 Å². The monoisotopic (exact) mass is 203 g/mol. The maximum atomic E-state index is 11.4. The summed E-state index contributed by atoms with van der Waals surface area (Å²) in [6, 6.07) is 3.72. The molecule has 1 aromatic carbocycles. The zero-order chi connectivity index (χ0) is 10.4. The lowest BCUT2D eigenvalue weighted by Gasteiger charge is -2.00. The lowest BCUT2D eigenvalue weighted by atomic mass is 10.1. The van der Waals surface area contributed by atoms with Crippen LogP contribution in [0.4, 0.5) is 0 Å². The maximum Gasteiger partial charge on any atom is 0.419 e. The van der Waals surface area contributed by atoms with Crippen LogP contribution in [0.2, 0.25) is 0 Å². The molecule has 2 aromatic rings. The zero-order valence-corrected chi connectivity index (χ0v) is 8.00. The second-order valence-electron chi connectivity index (χ2n) is 3.82. The lowest BCUT2D eigenvalue weighted by molar-refractivity contribution is 0.460. The number of aromatic nitrogens is 1. The van der Waals surface area contributed by atoms with Crippen LogP contribution in [-0.4, -0.2) is 4.98 Å². The highest BCUT2D eigenvalue weighted by Crippen LogP contribution is 2.24. The molecule has 0 unspecified atom stereocenters. The molecular weight excluding hydrogens is 194 g/mol. The van der Waals surface area contributed by atoms with Gasteiger partial charge in [-0.25, -0.2) is 9.59 Å². The van der Waals surface area contributed by atoms with Gasteiger partial charge in [0.25, 0.3) is 0 Å². The molecule has 0 amide bonds. The number of aromatic amines is 1. The van der Waals surface area contributed by atoms with Crippen molar-refractivity contribution >= 4 is 10.9 Å². The average Bonchev–Trinajstić information content (AvgIpc) is 2.61. The van der Waals surface area contributed by atoms with Crippen molar-refractivity contribution in [3.63, 3.8) is 0 Å². The van der Waals surface area contributed by atoms with Crippen molar-refractivity contribution in [2.24, 2.45) is 0 Å². The summed E-state index contributed by atoms with van der Waals surface area (Å²) in [7, 11) is 0. The fraction of sp³-hybridized carbons (Fsp3) is 0.273. The summed E-state index contributed by atoms with van der Waals surface area (Å²) in [5.41, 5.74) is 2.45. The van der Waals surface area contributed by atoms with Crippen LogP contribution in [0.1, 0.15) is 17.5 Å². The molecule has 4 heteroatoms. The molecular formula is C11H9NO3. The summed E-state index contributed by atoms with van der Waals surface area (Å²) < 4.78 is 4.48. The van der Waals surface area contributed by atoms with Crippen molar-refractivity contribution in [1.82, 2.24) is 4.98 Å². The first kappa shape index (κ1) is 8.47. The predicted molar refractivity (Wildman–Crippen MR) is 55.1 cm³/mol. The predicted octanol–water partition coefficient (Wildman–Crippen LogP) is 0.970. The fourth-order valence-electron chi connectivity index (χ4n) is 2.17. The van der Waals surface area contributed by atoms with Crippen LogP contribution >= 0.6 is 0 Å². The minimum Gasteiger partial charge on any atom is -0.372 e. The molecule has 0 atom stereocenters. The largest absolute Gasteiger partial charge is 0.419 e. The van der Waals surface area contributed by atoms with Crippen LogP contribution in [0.15, 0.2) is 26.1 Å². The Kier molecular flexibility index (Phi) is 1.59. The number of nitrogens with one attached hydrogen (secondary N) is 1. The van der Waals surface area contributed by atoms with E-state index < -0.39 is 11.4 Å². The smallest absolute Gasteiger partial charge is 0.372 e. The highest BCUT2D eigenvalue weighted by Gasteiger charge is 2.13. The quantitative estimate of drug-likeness (QED) is 0.693. The third-order valence-electron chi connectivity index (χ3n) is 2.87. The molecule has 0 fully saturated rings. The highest BCUT2D eigenvalue weighted by atomic mass is 16.4. The van der Waals surface area contributed by atoms with Gasteiger partial charge in [-0.2, -0.15) is 0 Å². The molecule has 1 N–H and O–H groups in total. The van der Waals surface area contributed by atoms with E-state index in [2.05, 4.69) is 9.40 Å². The van der Waals surface area contributed by atoms with E-state index >= 15 is 0 Å². The van der Waals surface area contributed by atoms with E-state index in [-0.39, 0.29) is 0 Å². The van der Waals surface area contributed by atoms with E-state index in [1.807, 2.05) is 12.1 Å². The zero-order valence-electron chi connectivity index (χ0n) is 8.00. The number of fused-ring (bicyclic) bond motifs is 2. The Hall–Kier alpha value is -1.84. The molecule has 0 radical (unpaired) electrons. The minimum absolute atomic E-state index is 0.468. The Morgan fingerprint density at radius 3 is 2.67 bits per heavy atom. The van der Waals surface area contributed by atoms with Crippen LogP contribution in [0.3, 0.4) is 0 Å². The number of aryl methyl sites for hydroxylation is 2. The van der Waals surface area contributed by atoms with Crippen molar-refractivity contribution in [2.45, 2.75) is 19.3 Å². The minimum atomic E-state index is -0.689. The average molecular weight is 203 g/mol. The van der Waals surface area contributed by atoms with Gasteiger partial charge in [0.2, 0.25) is 0 Å². The van der Waals surface area contributed by atoms with Crippen molar-refractivity contribution in [3.05, 3.63) is 44.2 Å². The topological polar surface area (TPSA) is 63.1 Å². The third kappa shape index (κ3) is 1.21. The standard InChI is InChI=1S/C11H9NO3/c13-10-8-4-6-2-1-3-7(6)5-9(8)12-11(14)15-10/h4-5H,1-3H2,(H,12,14). The molecule has 0 bridgehead atoms. The van der Waals surface area contributed by atoms with E-state index in [4.69, 9.17) is 0 Å². The van der Waals surface area contributed by atoms with E-state index in [9.17, 15) is 9.59 Å². The van der Waals surface area contributed by atoms with Gasteiger partial charge in [0.15, 0.2) is 0 Å². The molecule has 0 spiro atoms. The van der Waals surface area contributed by atoms with Crippen LogP contribution in [0.25, 0.3) is 10.9 Å². The molecule has 15 heavy (non-hydrogen) atoms. The van der Waals surface area contributed by atoms with Gasteiger partial charge in [-0.3, -0.25) is 4.98 Å². The van der Waals surface area contributed by atoms with Gasteiger partial charge in [-0.15, -0.1) is 0 Å². The highest BCUT2D eigenvalue weighted by molar-refractivity contribution is 5.79. The van der Waals surface area contributed by atoms with E-state index in [1.165, 1.54) is 11.1 Å². The maximum absolute atomic E-state index is 11.4. The van der Waals surface area contributed by atoms with Gasteiger partial charge in [0.05, 0.1) is 10.9 Å². The number of H-pyrrole nitrogens is 1. The summed E-state index contributed by atoms with van der Waals surface area (Å²) in [5.74, 6) is -0.689. The molecule has 4 nitrogen and oxygen atoms in total. The van der Waals surface area contributed by atoms with Crippen molar-refractivity contribution in [2.75, 3.05) is 0 Å². The number of benzene rings is 1. The summed E-state index contributed by atoms with van der Waals surface area (Å²) in [4.78, 5) is 24.9. The van der Waals surface area contributed by atoms with Crippen LogP contribution in [-0.2, 0) is 12.8 Å². The molecule has 1 heterocycles. The molecule has 3 rings (SSSR count). The van der Waals surface area contributed by atoms with Crippen molar-refractivity contribution in [3.8, 4) is 0 Å². The summed E-state index contributed by atoms with van der Waals surface area (Å²) in [6.45, 7) is 0. The van der Waals surface area contributed by atoms with Crippen molar-refractivity contribution in [1.29, 1.82) is 0 Å². The molecule has 1 aromatic heterocycles. The van der Waals surface area contributed by atoms with E-state index in [1.54, 1.807) is 0 Å². The summed E-state index contributed by atoms with van der Waals surface area (Å²) >= 11 is 0. The Morgan fingerprint density at radius 2 is 1.87 bits per heavy atom. The lowest BCUT2D eigenvalue weighted by Crippen LogP contribution is -2.14. The van der Waals surface area contributed by atoms with Gasteiger partial charge in [-0.1, -0.05) is 0 Å². The first-order valence-corrected chi connectivity index (χ1v) is 4.93. The number of hydrogen-bond donors (Lipinski definition) is 1. The van der Waals surface area contributed by atoms with E-state index in [0.717, 1.165) is 19.3 Å². The molecule has 1 aliphatic carbocycles. The van der Waals surface area contributed by atoms with Gasteiger partial charge >= 0.3 is 11.4 Å². The van der Waals surface area contributed by atoms with Crippen LogP contribution in [0, 0.1) is 0 Å². The van der Waals surface area contributed by atoms with Crippen LogP contribution in [0.5, 0.6) is 0 Å². The van der Waals surface area contributed by atoms with Crippen LogP contribution < -0.4 is 11.4 Å². The Balaban J connectivity index is 2.48. The molecule has 0 aliphatic heterocycles. The molecule has 0 saturated heterocycles. The Morgan fingerprint density at radius 1 is 1.13 bits per heavy atom. The van der Waals surface area contributed by atoms with Gasteiger partial charge in [-0.05, 0) is 42.5 Å². The third-order valence-corrected chi connectivity index (χ3v) is 2.87. The fourth-order valence-corrected chi connectivity index (χ4v) is 2.17. The molecule has 76 valence electrons. The van der Waals surface area contributed by atoms with Gasteiger partial charge in [0, 0.05) is 0 Å². The second-order valence-corrected chi connectivity index (χ2v) is 3.82. The summed E-state index contributed by atoms with van der Waals surface area (Å²) in [6.07, 6.45) is 3.14. The normalized spacial score (nSPS) is 14.4. The SMILES string of the molecule is O=c1[nH]c2cc3c(cc2c(=O)o1)CCC3. The van der Waals surface area contributed by atoms with E-state index in [0.29, 0.717) is 10.9 Å². The number of rotatable bonds is 0. The van der Waals surface area contributed by atoms with Gasteiger partial charge in [0.1, 0.15) is 0 Å². The second kappa shape index (κ2) is 2.82. The molecule has 1 aliphatic rings. The number of hydrogen-bond acceptors (Lipinski definition) is 3. The summed E-state index contributed by atoms with van der Waals surface area (Å²) in [5, 5.41) is 0.468. The molecule has 0 saturated carbocycles. The first-order chi connectivity index (χ1) is 7.24. The Bertz CT molecular complexity index is 651.